The summed E-state index contributed by atoms with van der Waals surface area (Å²) in [5.41, 5.74) is 2.76. The molecule has 31 heavy (non-hydrogen) atoms. The highest BCUT2D eigenvalue weighted by Crippen LogP contribution is 2.29. The van der Waals surface area contributed by atoms with Crippen molar-refractivity contribution in [2.45, 2.75) is 6.92 Å². The number of nitrogens with zero attached hydrogens (tertiary/aromatic N) is 3. The zero-order valence-corrected chi connectivity index (χ0v) is 18.1. The Hall–Kier alpha value is -3.80. The van der Waals surface area contributed by atoms with Crippen LogP contribution in [0, 0.1) is 0 Å². The number of carbonyl (C=O) groups excluding carboxylic acids is 1. The van der Waals surface area contributed by atoms with Gasteiger partial charge in [0.25, 0.3) is 5.91 Å². The summed E-state index contributed by atoms with van der Waals surface area (Å²) in [6.07, 6.45) is 1.78. The van der Waals surface area contributed by atoms with Crippen molar-refractivity contribution in [3.05, 3.63) is 84.4 Å². The van der Waals surface area contributed by atoms with Crippen molar-refractivity contribution in [2.24, 2.45) is 5.10 Å². The molecule has 0 aliphatic carbocycles. The quantitative estimate of drug-likeness (QED) is 0.373. The second-order valence-electron chi connectivity index (χ2n) is 6.94. The number of likely N-dealkylation sites (N-methyl/N-ethyl adjacent to an activating group) is 1. The SMILES string of the molecule is CCOc1cc(/C=N/N(c2ccccc2)c2ccccc2)ccc1OCC(=O)N(C)C. The third-order valence-corrected chi connectivity index (χ3v) is 4.44. The predicted octanol–water partition coefficient (Wildman–Crippen LogP) is 4.72. The molecule has 0 saturated heterocycles. The Labute approximate surface area is 183 Å². The van der Waals surface area contributed by atoms with Gasteiger partial charge in [0.05, 0.1) is 24.2 Å². The standard InChI is InChI=1S/C25H27N3O3/c1-4-30-24-17-20(15-16-23(24)31-19-25(29)27(2)3)18-26-28(21-11-7-5-8-12-21)22-13-9-6-10-14-22/h5-18H,4,19H2,1-3H3/b26-18+. The maximum Gasteiger partial charge on any atom is 0.259 e. The van der Waals surface area contributed by atoms with Crippen LogP contribution in [0.3, 0.4) is 0 Å². The molecule has 0 saturated carbocycles. The minimum atomic E-state index is -0.116. The fourth-order valence-electron chi connectivity index (χ4n) is 2.81. The molecule has 0 heterocycles. The molecule has 160 valence electrons. The minimum absolute atomic E-state index is 0.0453. The van der Waals surface area contributed by atoms with Crippen LogP contribution >= 0.6 is 0 Å². The van der Waals surface area contributed by atoms with Gasteiger partial charge in [-0.3, -0.25) is 4.79 Å². The fraction of sp³-hybridized carbons (Fsp3) is 0.200. The topological polar surface area (TPSA) is 54.4 Å². The van der Waals surface area contributed by atoms with E-state index in [1.165, 1.54) is 4.90 Å². The molecule has 6 heteroatoms. The summed E-state index contributed by atoms with van der Waals surface area (Å²) in [5.74, 6) is 0.982. The molecule has 0 bridgehead atoms. The summed E-state index contributed by atoms with van der Waals surface area (Å²) >= 11 is 0. The maximum atomic E-state index is 11.8. The molecular formula is C25H27N3O3. The molecule has 0 aliphatic rings. The van der Waals surface area contributed by atoms with E-state index in [9.17, 15) is 4.79 Å². The summed E-state index contributed by atoms with van der Waals surface area (Å²) in [5, 5.41) is 6.59. The number of hydrogen-bond donors (Lipinski definition) is 0. The monoisotopic (exact) mass is 417 g/mol. The molecule has 0 aromatic heterocycles. The largest absolute Gasteiger partial charge is 0.490 e. The van der Waals surface area contributed by atoms with Gasteiger partial charge >= 0.3 is 0 Å². The number of para-hydroxylation sites is 2. The van der Waals surface area contributed by atoms with E-state index in [2.05, 4.69) is 0 Å². The van der Waals surface area contributed by atoms with Crippen molar-refractivity contribution < 1.29 is 14.3 Å². The molecule has 0 unspecified atom stereocenters. The van der Waals surface area contributed by atoms with Crippen molar-refractivity contribution in [2.75, 3.05) is 32.3 Å². The van der Waals surface area contributed by atoms with E-state index >= 15 is 0 Å². The third-order valence-electron chi connectivity index (χ3n) is 4.44. The predicted molar refractivity (Wildman–Crippen MR) is 124 cm³/mol. The Kier molecular flexibility index (Phi) is 7.65. The fourth-order valence-corrected chi connectivity index (χ4v) is 2.81. The second kappa shape index (κ2) is 10.8. The third kappa shape index (κ3) is 6.09. The van der Waals surface area contributed by atoms with Crippen molar-refractivity contribution in [3.63, 3.8) is 0 Å². The molecule has 3 rings (SSSR count). The summed E-state index contributed by atoms with van der Waals surface area (Å²) in [4.78, 5) is 13.3. The van der Waals surface area contributed by atoms with Crippen LogP contribution in [0.15, 0.2) is 84.0 Å². The first-order valence-electron chi connectivity index (χ1n) is 10.1. The molecule has 6 nitrogen and oxygen atoms in total. The van der Waals surface area contributed by atoms with Crippen molar-refractivity contribution >= 4 is 23.5 Å². The van der Waals surface area contributed by atoms with Crippen LogP contribution in [-0.2, 0) is 4.79 Å². The van der Waals surface area contributed by atoms with Crippen molar-refractivity contribution in [1.82, 2.24) is 4.90 Å². The Morgan fingerprint density at radius 1 is 0.871 bits per heavy atom. The van der Waals surface area contributed by atoms with Crippen LogP contribution in [-0.4, -0.2) is 44.3 Å². The zero-order chi connectivity index (χ0) is 22.1. The van der Waals surface area contributed by atoms with Gasteiger partial charge in [0.15, 0.2) is 18.1 Å². The van der Waals surface area contributed by atoms with Gasteiger partial charge < -0.3 is 14.4 Å². The zero-order valence-electron chi connectivity index (χ0n) is 18.1. The Bertz CT molecular complexity index is 966. The van der Waals surface area contributed by atoms with Crippen LogP contribution in [0.25, 0.3) is 0 Å². The Morgan fingerprint density at radius 3 is 2.03 bits per heavy atom. The van der Waals surface area contributed by atoms with Crippen molar-refractivity contribution in [3.8, 4) is 11.5 Å². The van der Waals surface area contributed by atoms with Crippen LogP contribution in [0.1, 0.15) is 12.5 Å². The van der Waals surface area contributed by atoms with Gasteiger partial charge in [-0.1, -0.05) is 36.4 Å². The molecule has 3 aromatic carbocycles. The lowest BCUT2D eigenvalue weighted by atomic mass is 10.2. The number of hydrogen-bond acceptors (Lipinski definition) is 5. The number of anilines is 2. The highest BCUT2D eigenvalue weighted by atomic mass is 16.5. The van der Waals surface area contributed by atoms with E-state index in [-0.39, 0.29) is 12.5 Å². The summed E-state index contributed by atoms with van der Waals surface area (Å²) in [7, 11) is 3.39. The van der Waals surface area contributed by atoms with E-state index in [1.54, 1.807) is 26.4 Å². The maximum absolute atomic E-state index is 11.8. The molecule has 3 aromatic rings. The molecule has 1 amide bonds. The lowest BCUT2D eigenvalue weighted by molar-refractivity contribution is -0.130. The Morgan fingerprint density at radius 2 is 1.48 bits per heavy atom. The average Bonchev–Trinajstić information content (AvgIpc) is 2.80. The van der Waals surface area contributed by atoms with Crippen LogP contribution < -0.4 is 14.5 Å². The van der Waals surface area contributed by atoms with E-state index in [0.717, 1.165) is 16.9 Å². The molecule has 0 radical (unpaired) electrons. The molecule has 0 aliphatic heterocycles. The van der Waals surface area contributed by atoms with Gasteiger partial charge in [0.2, 0.25) is 0 Å². The minimum Gasteiger partial charge on any atom is -0.490 e. The first-order chi connectivity index (χ1) is 15.1. The van der Waals surface area contributed by atoms with Crippen LogP contribution in [0.4, 0.5) is 11.4 Å². The first kappa shape index (κ1) is 21.9. The molecular weight excluding hydrogens is 390 g/mol. The van der Waals surface area contributed by atoms with Gasteiger partial charge in [0.1, 0.15) is 0 Å². The van der Waals surface area contributed by atoms with Crippen molar-refractivity contribution in [1.29, 1.82) is 0 Å². The number of rotatable bonds is 9. The number of carbonyl (C=O) groups is 1. The van der Waals surface area contributed by atoms with E-state index in [1.807, 2.05) is 84.7 Å². The highest BCUT2D eigenvalue weighted by Gasteiger charge is 2.11. The number of benzene rings is 3. The summed E-state index contributed by atoms with van der Waals surface area (Å²) in [6, 6.07) is 25.5. The highest BCUT2D eigenvalue weighted by molar-refractivity contribution is 5.83. The van der Waals surface area contributed by atoms with Gasteiger partial charge in [-0.05, 0) is 55.0 Å². The normalized spacial score (nSPS) is 10.7. The smallest absolute Gasteiger partial charge is 0.259 e. The Balaban J connectivity index is 1.85. The van der Waals surface area contributed by atoms with Crippen LogP contribution in [0.2, 0.25) is 0 Å². The van der Waals surface area contributed by atoms with Gasteiger partial charge in [-0.2, -0.15) is 5.10 Å². The molecule has 0 N–H and O–H groups in total. The molecule has 0 atom stereocenters. The van der Waals surface area contributed by atoms with E-state index < -0.39 is 0 Å². The van der Waals surface area contributed by atoms with E-state index in [4.69, 9.17) is 14.6 Å². The number of ether oxygens (including phenoxy) is 2. The second-order valence-corrected chi connectivity index (χ2v) is 6.94. The lowest BCUT2D eigenvalue weighted by Gasteiger charge is -2.19. The number of amides is 1. The van der Waals surface area contributed by atoms with Gasteiger partial charge in [-0.25, -0.2) is 5.01 Å². The van der Waals surface area contributed by atoms with Crippen LogP contribution in [0.5, 0.6) is 11.5 Å². The first-order valence-corrected chi connectivity index (χ1v) is 10.1. The molecule has 0 fully saturated rings. The summed E-state index contributed by atoms with van der Waals surface area (Å²) < 4.78 is 11.4. The lowest BCUT2D eigenvalue weighted by Crippen LogP contribution is -2.27. The van der Waals surface area contributed by atoms with E-state index in [0.29, 0.717) is 18.1 Å². The number of hydrazone groups is 1. The van der Waals surface area contributed by atoms with Gasteiger partial charge in [0, 0.05) is 14.1 Å². The molecule has 0 spiro atoms. The van der Waals surface area contributed by atoms with Gasteiger partial charge in [-0.15, -0.1) is 0 Å². The average molecular weight is 418 g/mol. The summed E-state index contributed by atoms with van der Waals surface area (Å²) in [6.45, 7) is 2.34.